The van der Waals surface area contributed by atoms with Crippen molar-refractivity contribution in [2.24, 2.45) is 0 Å². The maximum Gasteiger partial charge on any atom is 0.337 e. The van der Waals surface area contributed by atoms with Gasteiger partial charge in [-0.1, -0.05) is 0 Å². The van der Waals surface area contributed by atoms with E-state index < -0.39 is 11.9 Å². The first-order valence-electron chi connectivity index (χ1n) is 6.03. The smallest absolute Gasteiger partial charge is 0.337 e. The fourth-order valence-corrected chi connectivity index (χ4v) is 1.58. The second-order valence-corrected chi connectivity index (χ2v) is 4.15. The standard InChI is InChI=1S/C14H17NO5/c1-9-8-10(14(18)20-3)4-5-11(9)15-12(16)6-7-13(17)19-2/h4-5,8H,6-7H2,1-3H3,(H,15,16). The molecule has 0 unspecified atom stereocenters. The number of carbonyl (C=O) groups excluding carboxylic acids is 3. The molecule has 1 aromatic rings. The van der Waals surface area contributed by atoms with Crippen LogP contribution in [0.3, 0.4) is 0 Å². The third-order valence-corrected chi connectivity index (χ3v) is 2.71. The Balaban J connectivity index is 2.66. The summed E-state index contributed by atoms with van der Waals surface area (Å²) in [4.78, 5) is 33.9. The molecule has 0 aliphatic carbocycles. The SMILES string of the molecule is COC(=O)CCC(=O)Nc1ccc(C(=O)OC)cc1C. The molecule has 0 spiro atoms. The van der Waals surface area contributed by atoms with Crippen molar-refractivity contribution in [2.75, 3.05) is 19.5 Å². The predicted molar refractivity (Wildman–Crippen MR) is 72.4 cm³/mol. The van der Waals surface area contributed by atoms with Crippen molar-refractivity contribution >= 4 is 23.5 Å². The molecule has 0 heterocycles. The summed E-state index contributed by atoms with van der Waals surface area (Å²) in [6.45, 7) is 1.77. The molecule has 1 aromatic carbocycles. The molecule has 6 nitrogen and oxygen atoms in total. The molecular weight excluding hydrogens is 262 g/mol. The number of carbonyl (C=O) groups is 3. The summed E-state index contributed by atoms with van der Waals surface area (Å²) in [6.07, 6.45) is 0.0759. The normalized spacial score (nSPS) is 9.75. The molecule has 108 valence electrons. The largest absolute Gasteiger partial charge is 0.469 e. The zero-order valence-electron chi connectivity index (χ0n) is 11.7. The van der Waals surface area contributed by atoms with Gasteiger partial charge in [-0.15, -0.1) is 0 Å². The minimum absolute atomic E-state index is 0.0294. The van der Waals surface area contributed by atoms with Crippen molar-refractivity contribution in [3.63, 3.8) is 0 Å². The van der Waals surface area contributed by atoms with E-state index in [2.05, 4.69) is 14.8 Å². The van der Waals surface area contributed by atoms with Crippen LogP contribution in [0.5, 0.6) is 0 Å². The molecule has 0 fully saturated rings. The number of rotatable bonds is 5. The van der Waals surface area contributed by atoms with Gasteiger partial charge in [0, 0.05) is 12.1 Å². The Hall–Kier alpha value is -2.37. The number of anilines is 1. The average molecular weight is 279 g/mol. The predicted octanol–water partition coefficient (Wildman–Crippen LogP) is 1.67. The van der Waals surface area contributed by atoms with E-state index in [1.807, 2.05) is 0 Å². The van der Waals surface area contributed by atoms with E-state index in [1.54, 1.807) is 25.1 Å². The van der Waals surface area contributed by atoms with Gasteiger partial charge < -0.3 is 14.8 Å². The lowest BCUT2D eigenvalue weighted by molar-refractivity contribution is -0.141. The number of aryl methyl sites for hydroxylation is 1. The Morgan fingerprint density at radius 1 is 1.10 bits per heavy atom. The summed E-state index contributed by atoms with van der Waals surface area (Å²) in [5, 5.41) is 2.67. The van der Waals surface area contributed by atoms with Crippen LogP contribution < -0.4 is 5.32 Å². The molecule has 0 radical (unpaired) electrons. The van der Waals surface area contributed by atoms with E-state index in [1.165, 1.54) is 14.2 Å². The Labute approximate surface area is 117 Å². The average Bonchev–Trinajstić information content (AvgIpc) is 2.45. The number of benzene rings is 1. The maximum atomic E-state index is 11.6. The number of hydrogen-bond donors (Lipinski definition) is 1. The molecule has 0 aromatic heterocycles. The Kier molecular flexibility index (Phi) is 5.71. The monoisotopic (exact) mass is 279 g/mol. The molecule has 6 heteroatoms. The van der Waals surface area contributed by atoms with Crippen molar-refractivity contribution < 1.29 is 23.9 Å². The summed E-state index contributed by atoms with van der Waals surface area (Å²) in [5.74, 6) is -1.15. The minimum atomic E-state index is -0.434. The highest BCUT2D eigenvalue weighted by Gasteiger charge is 2.11. The van der Waals surface area contributed by atoms with Crippen LogP contribution in [0, 0.1) is 6.92 Å². The highest BCUT2D eigenvalue weighted by Crippen LogP contribution is 2.17. The number of esters is 2. The summed E-state index contributed by atoms with van der Waals surface area (Å²) < 4.78 is 9.07. The molecule has 0 saturated carbocycles. The molecule has 0 bridgehead atoms. The zero-order chi connectivity index (χ0) is 15.1. The molecule has 0 atom stereocenters. The van der Waals surface area contributed by atoms with E-state index in [4.69, 9.17) is 0 Å². The van der Waals surface area contributed by atoms with Crippen LogP contribution >= 0.6 is 0 Å². The second kappa shape index (κ2) is 7.28. The molecule has 20 heavy (non-hydrogen) atoms. The Morgan fingerprint density at radius 2 is 1.80 bits per heavy atom. The minimum Gasteiger partial charge on any atom is -0.469 e. The van der Waals surface area contributed by atoms with Crippen LogP contribution in [-0.2, 0) is 19.1 Å². The van der Waals surface area contributed by atoms with E-state index in [0.29, 0.717) is 11.3 Å². The third-order valence-electron chi connectivity index (χ3n) is 2.71. The number of hydrogen-bond acceptors (Lipinski definition) is 5. The van der Waals surface area contributed by atoms with Gasteiger partial charge in [-0.2, -0.15) is 0 Å². The zero-order valence-corrected chi connectivity index (χ0v) is 11.7. The van der Waals surface area contributed by atoms with Crippen LogP contribution in [0.2, 0.25) is 0 Å². The summed E-state index contributed by atoms with van der Waals surface area (Å²) in [7, 11) is 2.58. The highest BCUT2D eigenvalue weighted by atomic mass is 16.5. The van der Waals surface area contributed by atoms with Gasteiger partial charge in [-0.25, -0.2) is 4.79 Å². The second-order valence-electron chi connectivity index (χ2n) is 4.15. The molecule has 0 aliphatic rings. The van der Waals surface area contributed by atoms with E-state index in [0.717, 1.165) is 5.56 Å². The van der Waals surface area contributed by atoms with Gasteiger partial charge in [0.1, 0.15) is 0 Å². The van der Waals surface area contributed by atoms with Crippen LogP contribution in [0.4, 0.5) is 5.69 Å². The molecule has 0 aliphatic heterocycles. The number of methoxy groups -OCH3 is 2. The van der Waals surface area contributed by atoms with Gasteiger partial charge in [-0.05, 0) is 30.7 Å². The molecule has 1 amide bonds. The first kappa shape index (κ1) is 15.7. The number of amides is 1. The topological polar surface area (TPSA) is 81.7 Å². The lowest BCUT2D eigenvalue weighted by atomic mass is 10.1. The quantitative estimate of drug-likeness (QED) is 0.829. The Bertz CT molecular complexity index is 524. The van der Waals surface area contributed by atoms with Crippen molar-refractivity contribution in [3.05, 3.63) is 29.3 Å². The third kappa shape index (κ3) is 4.38. The van der Waals surface area contributed by atoms with Gasteiger partial charge >= 0.3 is 11.9 Å². The molecule has 0 saturated heterocycles. The lowest BCUT2D eigenvalue weighted by Crippen LogP contribution is -2.15. The van der Waals surface area contributed by atoms with Crippen molar-refractivity contribution in [3.8, 4) is 0 Å². The highest BCUT2D eigenvalue weighted by molar-refractivity contribution is 5.95. The van der Waals surface area contributed by atoms with Crippen molar-refractivity contribution in [2.45, 2.75) is 19.8 Å². The first-order chi connectivity index (χ1) is 9.47. The fraction of sp³-hybridized carbons (Fsp3) is 0.357. The van der Waals surface area contributed by atoms with Gasteiger partial charge in [0.2, 0.25) is 5.91 Å². The van der Waals surface area contributed by atoms with Gasteiger partial charge in [0.15, 0.2) is 0 Å². The molecule has 1 rings (SSSR count). The van der Waals surface area contributed by atoms with Crippen molar-refractivity contribution in [1.82, 2.24) is 0 Å². The van der Waals surface area contributed by atoms with Crippen LogP contribution in [0.25, 0.3) is 0 Å². The van der Waals surface area contributed by atoms with Gasteiger partial charge in [0.05, 0.1) is 26.2 Å². The summed E-state index contributed by atoms with van der Waals surface area (Å²) >= 11 is 0. The number of nitrogens with one attached hydrogen (secondary N) is 1. The van der Waals surface area contributed by atoms with E-state index >= 15 is 0 Å². The lowest BCUT2D eigenvalue weighted by Gasteiger charge is -2.09. The van der Waals surface area contributed by atoms with Gasteiger partial charge in [0.25, 0.3) is 0 Å². The molecule has 1 N–H and O–H groups in total. The molecular formula is C14H17NO5. The van der Waals surface area contributed by atoms with Crippen molar-refractivity contribution in [1.29, 1.82) is 0 Å². The summed E-state index contributed by atoms with van der Waals surface area (Å²) in [5.41, 5.74) is 1.74. The maximum absolute atomic E-state index is 11.6. The van der Waals surface area contributed by atoms with Crippen LogP contribution in [-0.4, -0.2) is 32.1 Å². The van der Waals surface area contributed by atoms with Gasteiger partial charge in [-0.3, -0.25) is 9.59 Å². The van der Waals surface area contributed by atoms with E-state index in [-0.39, 0.29) is 18.7 Å². The summed E-state index contributed by atoms with van der Waals surface area (Å²) in [6, 6.07) is 4.81. The Morgan fingerprint density at radius 3 is 2.35 bits per heavy atom. The van der Waals surface area contributed by atoms with Crippen LogP contribution in [0.1, 0.15) is 28.8 Å². The first-order valence-corrected chi connectivity index (χ1v) is 6.03. The fourth-order valence-electron chi connectivity index (χ4n) is 1.58. The number of ether oxygens (including phenoxy) is 2. The van der Waals surface area contributed by atoms with E-state index in [9.17, 15) is 14.4 Å². The van der Waals surface area contributed by atoms with Crippen LogP contribution in [0.15, 0.2) is 18.2 Å².